The van der Waals surface area contributed by atoms with Crippen LogP contribution < -0.4 is 5.32 Å². The standard InChI is InChI=1S/C13H23N3/c1-9(12-6-5-7-12)14-8-13-10(2)15-16(4)11(13)3/h9,12,14H,5-8H2,1-4H3. The molecule has 0 amide bonds. The smallest absolute Gasteiger partial charge is 0.0641 e. The average molecular weight is 221 g/mol. The number of nitrogens with one attached hydrogen (secondary N) is 1. The lowest BCUT2D eigenvalue weighted by atomic mass is 9.80. The van der Waals surface area contributed by atoms with Gasteiger partial charge in [-0.15, -0.1) is 0 Å². The van der Waals surface area contributed by atoms with Gasteiger partial charge in [-0.1, -0.05) is 6.42 Å². The average Bonchev–Trinajstić information content (AvgIpc) is 2.36. The first-order chi connectivity index (χ1) is 7.59. The molecule has 1 aliphatic rings. The first-order valence-corrected chi connectivity index (χ1v) is 6.32. The van der Waals surface area contributed by atoms with Crippen molar-refractivity contribution >= 4 is 0 Å². The Morgan fingerprint density at radius 2 is 2.12 bits per heavy atom. The number of nitrogens with zero attached hydrogens (tertiary/aromatic N) is 2. The van der Waals surface area contributed by atoms with Gasteiger partial charge in [-0.2, -0.15) is 5.10 Å². The molecule has 1 N–H and O–H groups in total. The van der Waals surface area contributed by atoms with Crippen molar-refractivity contribution in [3.63, 3.8) is 0 Å². The van der Waals surface area contributed by atoms with Crippen molar-refractivity contribution in [2.24, 2.45) is 13.0 Å². The molecule has 1 unspecified atom stereocenters. The fourth-order valence-electron chi connectivity index (χ4n) is 2.44. The van der Waals surface area contributed by atoms with E-state index in [1.165, 1.54) is 30.5 Å². The van der Waals surface area contributed by atoms with Crippen molar-refractivity contribution in [2.75, 3.05) is 0 Å². The number of hydrogen-bond donors (Lipinski definition) is 1. The summed E-state index contributed by atoms with van der Waals surface area (Å²) in [6, 6.07) is 0.646. The predicted molar refractivity (Wildman–Crippen MR) is 66.3 cm³/mol. The summed E-state index contributed by atoms with van der Waals surface area (Å²) in [5.41, 5.74) is 3.81. The van der Waals surface area contributed by atoms with Crippen LogP contribution in [0.4, 0.5) is 0 Å². The molecule has 1 aromatic rings. The second kappa shape index (κ2) is 4.58. The number of rotatable bonds is 4. The Bertz CT molecular complexity index is 363. The minimum Gasteiger partial charge on any atom is -0.310 e. The van der Waals surface area contributed by atoms with Gasteiger partial charge >= 0.3 is 0 Å². The zero-order chi connectivity index (χ0) is 11.7. The van der Waals surface area contributed by atoms with Gasteiger partial charge in [0.25, 0.3) is 0 Å². The molecule has 3 nitrogen and oxygen atoms in total. The maximum absolute atomic E-state index is 4.44. The Balaban J connectivity index is 1.93. The summed E-state index contributed by atoms with van der Waals surface area (Å²) in [7, 11) is 2.02. The van der Waals surface area contributed by atoms with Crippen LogP contribution in [-0.4, -0.2) is 15.8 Å². The molecule has 0 spiro atoms. The SMILES string of the molecule is Cc1nn(C)c(C)c1CNC(C)C1CCC1. The second-order valence-corrected chi connectivity index (χ2v) is 5.13. The lowest BCUT2D eigenvalue weighted by Gasteiger charge is -2.32. The van der Waals surface area contributed by atoms with Crippen molar-refractivity contribution < 1.29 is 0 Å². The summed E-state index contributed by atoms with van der Waals surface area (Å²) in [5.74, 6) is 0.900. The molecule has 0 saturated heterocycles. The van der Waals surface area contributed by atoms with Gasteiger partial charge in [0, 0.05) is 30.9 Å². The highest BCUT2D eigenvalue weighted by Crippen LogP contribution is 2.29. The lowest BCUT2D eigenvalue weighted by molar-refractivity contribution is 0.240. The van der Waals surface area contributed by atoms with Crippen LogP contribution in [-0.2, 0) is 13.6 Å². The fraction of sp³-hybridized carbons (Fsp3) is 0.769. The van der Waals surface area contributed by atoms with E-state index in [-0.39, 0.29) is 0 Å². The summed E-state index contributed by atoms with van der Waals surface area (Å²) in [4.78, 5) is 0. The zero-order valence-corrected chi connectivity index (χ0v) is 10.9. The summed E-state index contributed by atoms with van der Waals surface area (Å²) in [6.07, 6.45) is 4.22. The highest BCUT2D eigenvalue weighted by molar-refractivity contribution is 5.24. The zero-order valence-electron chi connectivity index (χ0n) is 10.9. The van der Waals surface area contributed by atoms with E-state index in [9.17, 15) is 0 Å². The minimum atomic E-state index is 0.646. The molecule has 1 atom stereocenters. The van der Waals surface area contributed by atoms with E-state index in [1.54, 1.807) is 0 Å². The van der Waals surface area contributed by atoms with Crippen LogP contribution in [0.25, 0.3) is 0 Å². The predicted octanol–water partition coefficient (Wildman–Crippen LogP) is 2.32. The molecule has 3 heteroatoms. The van der Waals surface area contributed by atoms with Crippen molar-refractivity contribution in [2.45, 2.75) is 52.6 Å². The maximum atomic E-state index is 4.44. The van der Waals surface area contributed by atoms with Gasteiger partial charge in [0.1, 0.15) is 0 Å². The third-order valence-corrected chi connectivity index (χ3v) is 4.12. The van der Waals surface area contributed by atoms with Gasteiger partial charge in [0.2, 0.25) is 0 Å². The molecule has 1 aromatic heterocycles. The quantitative estimate of drug-likeness (QED) is 0.845. The highest BCUT2D eigenvalue weighted by Gasteiger charge is 2.23. The van der Waals surface area contributed by atoms with Crippen molar-refractivity contribution in [1.82, 2.24) is 15.1 Å². The molecule has 0 aromatic carbocycles. The van der Waals surface area contributed by atoms with Gasteiger partial charge in [-0.05, 0) is 39.5 Å². The van der Waals surface area contributed by atoms with Crippen LogP contribution in [0.1, 0.15) is 43.1 Å². The number of aryl methyl sites for hydroxylation is 2. The van der Waals surface area contributed by atoms with Crippen LogP contribution in [0, 0.1) is 19.8 Å². The van der Waals surface area contributed by atoms with Crippen LogP contribution >= 0.6 is 0 Å². The summed E-state index contributed by atoms with van der Waals surface area (Å²) in [5, 5.41) is 8.09. The molecular formula is C13H23N3. The second-order valence-electron chi connectivity index (χ2n) is 5.13. The van der Waals surface area contributed by atoms with Crippen molar-refractivity contribution in [3.05, 3.63) is 17.0 Å². The lowest BCUT2D eigenvalue weighted by Crippen LogP contribution is -2.36. The molecule has 90 valence electrons. The van der Waals surface area contributed by atoms with E-state index in [2.05, 4.69) is 31.2 Å². The molecule has 16 heavy (non-hydrogen) atoms. The molecule has 0 aliphatic heterocycles. The minimum absolute atomic E-state index is 0.646. The number of aromatic nitrogens is 2. The van der Waals surface area contributed by atoms with E-state index in [0.717, 1.165) is 18.2 Å². The molecule has 2 rings (SSSR count). The van der Waals surface area contributed by atoms with Crippen molar-refractivity contribution in [3.8, 4) is 0 Å². The largest absolute Gasteiger partial charge is 0.310 e. The third-order valence-electron chi connectivity index (χ3n) is 4.12. The van der Waals surface area contributed by atoms with Crippen LogP contribution in [0.5, 0.6) is 0 Å². The Morgan fingerprint density at radius 3 is 2.56 bits per heavy atom. The summed E-state index contributed by atoms with van der Waals surface area (Å²) >= 11 is 0. The van der Waals surface area contributed by atoms with Crippen molar-refractivity contribution in [1.29, 1.82) is 0 Å². The molecular weight excluding hydrogens is 198 g/mol. The maximum Gasteiger partial charge on any atom is 0.0641 e. The number of hydrogen-bond acceptors (Lipinski definition) is 2. The Morgan fingerprint density at radius 1 is 1.44 bits per heavy atom. The Kier molecular flexibility index (Phi) is 3.33. The molecule has 1 fully saturated rings. The van der Waals surface area contributed by atoms with Gasteiger partial charge in [-0.3, -0.25) is 4.68 Å². The van der Waals surface area contributed by atoms with Crippen LogP contribution in [0.2, 0.25) is 0 Å². The Hall–Kier alpha value is -0.830. The van der Waals surface area contributed by atoms with E-state index in [4.69, 9.17) is 0 Å². The summed E-state index contributed by atoms with van der Waals surface area (Å²) in [6.45, 7) is 7.51. The normalized spacial score (nSPS) is 18.5. The van der Waals surface area contributed by atoms with Crippen LogP contribution in [0.3, 0.4) is 0 Å². The molecule has 0 radical (unpaired) electrons. The molecule has 1 saturated carbocycles. The van der Waals surface area contributed by atoms with Crippen LogP contribution in [0.15, 0.2) is 0 Å². The summed E-state index contributed by atoms with van der Waals surface area (Å²) < 4.78 is 1.97. The Labute approximate surface area is 98.2 Å². The van der Waals surface area contributed by atoms with E-state index < -0.39 is 0 Å². The van der Waals surface area contributed by atoms with Gasteiger partial charge in [-0.25, -0.2) is 0 Å². The van der Waals surface area contributed by atoms with Gasteiger partial charge in [0.15, 0.2) is 0 Å². The van der Waals surface area contributed by atoms with Gasteiger partial charge in [0.05, 0.1) is 5.69 Å². The molecule has 1 aliphatic carbocycles. The fourth-order valence-corrected chi connectivity index (χ4v) is 2.44. The van der Waals surface area contributed by atoms with E-state index in [0.29, 0.717) is 6.04 Å². The van der Waals surface area contributed by atoms with E-state index in [1.807, 2.05) is 11.7 Å². The first kappa shape index (κ1) is 11.6. The molecule has 0 bridgehead atoms. The highest BCUT2D eigenvalue weighted by atomic mass is 15.3. The monoisotopic (exact) mass is 221 g/mol. The first-order valence-electron chi connectivity index (χ1n) is 6.32. The third kappa shape index (κ3) is 2.14. The molecule has 1 heterocycles. The topological polar surface area (TPSA) is 29.9 Å². The van der Waals surface area contributed by atoms with Gasteiger partial charge < -0.3 is 5.32 Å². The van der Waals surface area contributed by atoms with E-state index >= 15 is 0 Å².